The second-order valence-electron chi connectivity index (χ2n) is 9.73. The lowest BCUT2D eigenvalue weighted by atomic mass is 10.0. The van der Waals surface area contributed by atoms with E-state index >= 15 is 0 Å². The smallest absolute Gasteiger partial charge is 0.223 e. The number of amides is 1. The number of morpholine rings is 1. The number of aryl methyl sites for hydroxylation is 1. The topological polar surface area (TPSA) is 83.2 Å². The summed E-state index contributed by atoms with van der Waals surface area (Å²) in [6.07, 6.45) is 8.67. The van der Waals surface area contributed by atoms with Crippen molar-refractivity contribution in [3.63, 3.8) is 0 Å². The molecular weight excluding hydrogens is 406 g/mol. The molecule has 8 nitrogen and oxygen atoms in total. The minimum absolute atomic E-state index is 0.177. The highest BCUT2D eigenvalue weighted by Gasteiger charge is 2.30. The average molecular weight is 442 g/mol. The van der Waals surface area contributed by atoms with Crippen molar-refractivity contribution < 1.29 is 14.6 Å². The van der Waals surface area contributed by atoms with E-state index < -0.39 is 0 Å². The predicted octanol–water partition coefficient (Wildman–Crippen LogP) is 2.47. The molecule has 4 heterocycles. The van der Waals surface area contributed by atoms with Gasteiger partial charge in [0.25, 0.3) is 0 Å². The minimum Gasteiger partial charge on any atom is -0.393 e. The quantitative estimate of drug-likeness (QED) is 0.768. The molecule has 2 aliphatic heterocycles. The van der Waals surface area contributed by atoms with Crippen molar-refractivity contribution in [3.8, 4) is 0 Å². The largest absolute Gasteiger partial charge is 0.393 e. The number of aliphatic hydroxyl groups excluding tert-OH is 1. The lowest BCUT2D eigenvalue weighted by Gasteiger charge is -2.33. The fourth-order valence-corrected chi connectivity index (χ4v) is 5.49. The van der Waals surface area contributed by atoms with Crippen LogP contribution in [0.5, 0.6) is 0 Å². The zero-order chi connectivity index (χ0) is 22.1. The first kappa shape index (κ1) is 21.8. The van der Waals surface area contributed by atoms with Crippen molar-refractivity contribution in [2.24, 2.45) is 5.92 Å². The fourth-order valence-electron chi connectivity index (χ4n) is 5.49. The van der Waals surface area contributed by atoms with Crippen LogP contribution >= 0.6 is 0 Å². The number of fused-ring (bicyclic) bond motifs is 1. The van der Waals surface area contributed by atoms with Crippen LogP contribution in [0.3, 0.4) is 0 Å². The first-order chi connectivity index (χ1) is 15.6. The van der Waals surface area contributed by atoms with Gasteiger partial charge in [-0.05, 0) is 44.6 Å². The summed E-state index contributed by atoms with van der Waals surface area (Å²) in [7, 11) is 0. The maximum atomic E-state index is 12.9. The monoisotopic (exact) mass is 441 g/mol. The zero-order valence-corrected chi connectivity index (χ0v) is 19.1. The number of carbonyl (C=O) groups is 1. The Morgan fingerprint density at radius 3 is 2.75 bits per heavy atom. The Kier molecular flexibility index (Phi) is 6.44. The van der Waals surface area contributed by atoms with Crippen LogP contribution in [-0.2, 0) is 16.1 Å². The SMILES string of the molecule is Cc1nn2c(C3CN(C(=O)CC4CCCC4)CCO3)ccnc2c1CN1CCC(O)CC1. The van der Waals surface area contributed by atoms with Crippen LogP contribution in [0.1, 0.15) is 68.0 Å². The van der Waals surface area contributed by atoms with Crippen molar-refractivity contribution in [2.75, 3.05) is 32.8 Å². The Morgan fingerprint density at radius 2 is 1.97 bits per heavy atom. The molecule has 8 heteroatoms. The molecule has 0 aromatic carbocycles. The maximum absolute atomic E-state index is 12.9. The third-order valence-electron chi connectivity index (χ3n) is 7.47. The van der Waals surface area contributed by atoms with E-state index in [0.717, 1.165) is 55.1 Å². The van der Waals surface area contributed by atoms with Gasteiger partial charge in [0.05, 0.1) is 30.6 Å². The normalized spacial score (nSPS) is 23.9. The number of rotatable bonds is 5. The molecule has 5 rings (SSSR count). The van der Waals surface area contributed by atoms with Crippen LogP contribution in [0, 0.1) is 12.8 Å². The second-order valence-corrected chi connectivity index (χ2v) is 9.73. The Labute approximate surface area is 189 Å². The fraction of sp³-hybridized carbons (Fsp3) is 0.708. The van der Waals surface area contributed by atoms with Crippen molar-refractivity contribution >= 4 is 11.6 Å². The highest BCUT2D eigenvalue weighted by atomic mass is 16.5. The summed E-state index contributed by atoms with van der Waals surface area (Å²) in [5.74, 6) is 0.823. The van der Waals surface area contributed by atoms with Gasteiger partial charge in [-0.2, -0.15) is 5.10 Å². The van der Waals surface area contributed by atoms with Crippen LogP contribution in [0.4, 0.5) is 0 Å². The van der Waals surface area contributed by atoms with Gasteiger partial charge in [0.2, 0.25) is 5.91 Å². The third-order valence-corrected chi connectivity index (χ3v) is 7.47. The Bertz CT molecular complexity index is 947. The molecule has 2 aromatic rings. The predicted molar refractivity (Wildman–Crippen MR) is 120 cm³/mol. The summed E-state index contributed by atoms with van der Waals surface area (Å²) in [5.41, 5.74) is 3.93. The van der Waals surface area contributed by atoms with Gasteiger partial charge in [-0.1, -0.05) is 12.8 Å². The van der Waals surface area contributed by atoms with Gasteiger partial charge >= 0.3 is 0 Å². The summed E-state index contributed by atoms with van der Waals surface area (Å²) >= 11 is 0. The Hall–Kier alpha value is -2.03. The highest BCUT2D eigenvalue weighted by molar-refractivity contribution is 5.76. The average Bonchev–Trinajstić information content (AvgIpc) is 3.43. The van der Waals surface area contributed by atoms with Gasteiger partial charge in [0, 0.05) is 44.4 Å². The van der Waals surface area contributed by atoms with Crippen LogP contribution in [0.25, 0.3) is 5.65 Å². The van der Waals surface area contributed by atoms with E-state index in [4.69, 9.17) is 9.84 Å². The van der Waals surface area contributed by atoms with Crippen molar-refractivity contribution in [3.05, 3.63) is 29.2 Å². The van der Waals surface area contributed by atoms with E-state index in [9.17, 15) is 9.90 Å². The number of carbonyl (C=O) groups excluding carboxylic acids is 1. The number of ether oxygens (including phenoxy) is 1. The Balaban J connectivity index is 1.33. The van der Waals surface area contributed by atoms with Gasteiger partial charge in [-0.3, -0.25) is 9.69 Å². The van der Waals surface area contributed by atoms with Gasteiger partial charge in [0.1, 0.15) is 6.10 Å². The summed E-state index contributed by atoms with van der Waals surface area (Å²) in [6.45, 7) is 6.39. The number of aromatic nitrogens is 3. The molecule has 1 unspecified atom stereocenters. The molecule has 32 heavy (non-hydrogen) atoms. The summed E-state index contributed by atoms with van der Waals surface area (Å²) in [4.78, 5) is 21.9. The number of aliphatic hydroxyl groups is 1. The second kappa shape index (κ2) is 9.45. The summed E-state index contributed by atoms with van der Waals surface area (Å²) in [6, 6.07) is 1.97. The number of hydrogen-bond acceptors (Lipinski definition) is 6. The van der Waals surface area contributed by atoms with Gasteiger partial charge in [-0.15, -0.1) is 0 Å². The molecule has 174 valence electrons. The molecule has 1 N–H and O–H groups in total. The molecule has 0 radical (unpaired) electrons. The maximum Gasteiger partial charge on any atom is 0.223 e. The zero-order valence-electron chi connectivity index (χ0n) is 19.1. The molecule has 1 atom stereocenters. The molecule has 0 spiro atoms. The standard InChI is InChI=1S/C24H35N5O3/c1-17-20(15-27-10-7-19(30)8-11-27)24-25-9-6-21(29(24)26-17)22-16-28(12-13-32-22)23(31)14-18-4-2-3-5-18/h6,9,18-19,22,30H,2-5,7-8,10-16H2,1H3. The van der Waals surface area contributed by atoms with Crippen molar-refractivity contribution in [1.82, 2.24) is 24.4 Å². The molecule has 0 bridgehead atoms. The molecule has 2 saturated heterocycles. The lowest BCUT2D eigenvalue weighted by molar-refractivity contribution is -0.140. The summed E-state index contributed by atoms with van der Waals surface area (Å²) < 4.78 is 8.03. The van der Waals surface area contributed by atoms with Gasteiger partial charge in [0.15, 0.2) is 5.65 Å². The summed E-state index contributed by atoms with van der Waals surface area (Å²) in [5, 5.41) is 14.6. The van der Waals surface area contributed by atoms with Crippen molar-refractivity contribution in [1.29, 1.82) is 0 Å². The van der Waals surface area contributed by atoms with E-state index in [1.54, 1.807) is 0 Å². The van der Waals surface area contributed by atoms with E-state index in [1.165, 1.54) is 25.7 Å². The highest BCUT2D eigenvalue weighted by Crippen LogP contribution is 2.30. The lowest BCUT2D eigenvalue weighted by Crippen LogP contribution is -2.43. The number of piperidine rings is 1. The van der Waals surface area contributed by atoms with Crippen LogP contribution in [0.2, 0.25) is 0 Å². The van der Waals surface area contributed by atoms with Crippen molar-refractivity contribution in [2.45, 2.75) is 70.6 Å². The molecule has 3 aliphatic rings. The van der Waals surface area contributed by atoms with E-state index in [0.29, 0.717) is 32.0 Å². The first-order valence-electron chi connectivity index (χ1n) is 12.2. The first-order valence-corrected chi connectivity index (χ1v) is 12.2. The van der Waals surface area contributed by atoms with E-state index in [2.05, 4.69) is 9.88 Å². The number of hydrogen-bond donors (Lipinski definition) is 1. The number of nitrogens with zero attached hydrogens (tertiary/aromatic N) is 5. The van der Waals surface area contributed by atoms with Gasteiger partial charge in [-0.25, -0.2) is 9.50 Å². The van der Waals surface area contributed by atoms with Gasteiger partial charge < -0.3 is 14.7 Å². The van der Waals surface area contributed by atoms with Crippen LogP contribution in [0.15, 0.2) is 12.3 Å². The molecule has 1 amide bonds. The minimum atomic E-state index is -0.195. The molecule has 1 aliphatic carbocycles. The molecular formula is C24H35N5O3. The molecule has 2 aromatic heterocycles. The third kappa shape index (κ3) is 4.54. The Morgan fingerprint density at radius 1 is 1.19 bits per heavy atom. The number of likely N-dealkylation sites (tertiary alicyclic amines) is 1. The van der Waals surface area contributed by atoms with E-state index in [-0.39, 0.29) is 18.1 Å². The van der Waals surface area contributed by atoms with E-state index in [1.807, 2.05) is 28.6 Å². The molecule has 1 saturated carbocycles. The molecule has 3 fully saturated rings. The van der Waals surface area contributed by atoms with Crippen LogP contribution in [-0.4, -0.2) is 74.3 Å². The van der Waals surface area contributed by atoms with Crippen LogP contribution < -0.4 is 0 Å².